The molecule has 0 aliphatic carbocycles. The summed E-state index contributed by atoms with van der Waals surface area (Å²) in [5.41, 5.74) is 0.138. The van der Waals surface area contributed by atoms with E-state index in [9.17, 15) is 14.8 Å². The van der Waals surface area contributed by atoms with Crippen molar-refractivity contribution in [2.75, 3.05) is 0 Å². The van der Waals surface area contributed by atoms with Crippen molar-refractivity contribution in [3.05, 3.63) is 68.8 Å². The van der Waals surface area contributed by atoms with E-state index in [-0.39, 0.29) is 23.8 Å². The molecular weight excluding hydrogens is 509 g/mol. The summed E-state index contributed by atoms with van der Waals surface area (Å²) in [4.78, 5) is 25.6. The van der Waals surface area contributed by atoms with Crippen LogP contribution in [0.1, 0.15) is 66.8 Å². The highest BCUT2D eigenvalue weighted by Gasteiger charge is 2.46. The highest BCUT2D eigenvalue weighted by atomic mass is 127. The van der Waals surface area contributed by atoms with Gasteiger partial charge in [-0.3, -0.25) is 0 Å². The molecular formula is C24H28INO5. The number of esters is 2. The Bertz CT molecular complexity index is 937. The predicted molar refractivity (Wildman–Crippen MR) is 125 cm³/mol. The largest absolute Gasteiger partial charge is 0.459 e. The second-order valence-electron chi connectivity index (χ2n) is 9.12. The SMILES string of the molecule is CC1(C)CC(OC(=O)c2ccccc2C(=O)OCc2ccc(I)cc2)CC(C)(C)N1O. The summed E-state index contributed by atoms with van der Waals surface area (Å²) in [6.07, 6.45) is 0.590. The molecule has 1 aliphatic rings. The monoisotopic (exact) mass is 537 g/mol. The van der Waals surface area contributed by atoms with Crippen LogP contribution in [0.2, 0.25) is 0 Å². The summed E-state index contributed by atoms with van der Waals surface area (Å²) in [6, 6.07) is 14.2. The van der Waals surface area contributed by atoms with Crippen molar-refractivity contribution in [1.29, 1.82) is 0 Å². The molecule has 166 valence electrons. The number of ether oxygens (including phenoxy) is 2. The average molecular weight is 537 g/mol. The Balaban J connectivity index is 1.71. The van der Waals surface area contributed by atoms with Gasteiger partial charge in [-0.05, 0) is 80.1 Å². The molecule has 0 atom stereocenters. The zero-order valence-corrected chi connectivity index (χ0v) is 20.4. The third-order valence-electron chi connectivity index (χ3n) is 5.52. The van der Waals surface area contributed by atoms with E-state index in [2.05, 4.69) is 22.6 Å². The number of hydrogen-bond acceptors (Lipinski definition) is 6. The Hall–Kier alpha value is -1.97. The lowest BCUT2D eigenvalue weighted by molar-refractivity contribution is -0.256. The Labute approximate surface area is 196 Å². The van der Waals surface area contributed by atoms with E-state index in [1.807, 2.05) is 52.0 Å². The molecule has 1 heterocycles. The second-order valence-corrected chi connectivity index (χ2v) is 10.4. The first-order valence-corrected chi connectivity index (χ1v) is 11.3. The number of carbonyl (C=O) groups is 2. The molecule has 0 spiro atoms. The number of hydroxylamine groups is 2. The fourth-order valence-electron chi connectivity index (χ4n) is 4.12. The highest BCUT2D eigenvalue weighted by molar-refractivity contribution is 14.1. The maximum absolute atomic E-state index is 12.9. The van der Waals surface area contributed by atoms with Gasteiger partial charge >= 0.3 is 11.9 Å². The molecule has 3 rings (SSSR count). The van der Waals surface area contributed by atoms with Gasteiger partial charge in [-0.1, -0.05) is 24.3 Å². The second kappa shape index (κ2) is 9.26. The van der Waals surface area contributed by atoms with Gasteiger partial charge < -0.3 is 14.7 Å². The van der Waals surface area contributed by atoms with Crippen LogP contribution in [0.3, 0.4) is 0 Å². The number of rotatable bonds is 5. The fraction of sp³-hybridized carbons (Fsp3) is 0.417. The molecule has 0 aromatic heterocycles. The number of hydrogen-bond donors (Lipinski definition) is 1. The molecule has 0 amide bonds. The quantitative estimate of drug-likeness (QED) is 0.417. The Morgan fingerprint density at radius 3 is 2.03 bits per heavy atom. The molecule has 6 nitrogen and oxygen atoms in total. The van der Waals surface area contributed by atoms with Crippen LogP contribution in [0, 0.1) is 3.57 Å². The van der Waals surface area contributed by atoms with E-state index in [1.165, 1.54) is 5.06 Å². The summed E-state index contributed by atoms with van der Waals surface area (Å²) < 4.78 is 12.3. The lowest BCUT2D eigenvalue weighted by atomic mass is 9.80. The molecule has 2 aromatic carbocycles. The summed E-state index contributed by atoms with van der Waals surface area (Å²) in [7, 11) is 0. The van der Waals surface area contributed by atoms with Crippen LogP contribution in [0.25, 0.3) is 0 Å². The predicted octanol–water partition coefficient (Wildman–Crippen LogP) is 5.22. The van der Waals surface area contributed by atoms with Crippen molar-refractivity contribution >= 4 is 34.5 Å². The Morgan fingerprint density at radius 2 is 1.48 bits per heavy atom. The molecule has 0 radical (unpaired) electrons. The average Bonchev–Trinajstić information content (AvgIpc) is 2.71. The van der Waals surface area contributed by atoms with Gasteiger partial charge in [0.2, 0.25) is 0 Å². The first-order chi connectivity index (χ1) is 14.5. The van der Waals surface area contributed by atoms with Gasteiger partial charge in [0, 0.05) is 27.5 Å². The minimum atomic E-state index is -0.572. The van der Waals surface area contributed by atoms with Gasteiger partial charge in [-0.2, -0.15) is 5.06 Å². The van der Waals surface area contributed by atoms with E-state index in [0.717, 1.165) is 9.13 Å². The molecule has 0 saturated carbocycles. The maximum atomic E-state index is 12.9. The molecule has 31 heavy (non-hydrogen) atoms. The van der Waals surface area contributed by atoms with Crippen LogP contribution in [0.4, 0.5) is 0 Å². The van der Waals surface area contributed by atoms with Gasteiger partial charge in [0.1, 0.15) is 12.7 Å². The summed E-state index contributed by atoms with van der Waals surface area (Å²) in [5.74, 6) is -1.14. The topological polar surface area (TPSA) is 76.1 Å². The lowest BCUT2D eigenvalue weighted by Gasteiger charge is -2.50. The van der Waals surface area contributed by atoms with E-state index in [1.54, 1.807) is 24.3 Å². The first-order valence-electron chi connectivity index (χ1n) is 10.2. The van der Waals surface area contributed by atoms with Crippen LogP contribution in [-0.2, 0) is 16.1 Å². The zero-order valence-electron chi connectivity index (χ0n) is 18.2. The molecule has 0 unspecified atom stereocenters. The van der Waals surface area contributed by atoms with Crippen LogP contribution in [-0.4, -0.2) is 39.4 Å². The van der Waals surface area contributed by atoms with Gasteiger partial charge in [0.15, 0.2) is 0 Å². The standard InChI is InChI=1S/C24H28INO5/c1-23(2)13-18(14-24(3,4)26(23)29)31-22(28)20-8-6-5-7-19(20)21(27)30-15-16-9-11-17(25)12-10-16/h5-12,18,29H,13-15H2,1-4H3. The van der Waals surface area contributed by atoms with Crippen molar-refractivity contribution in [1.82, 2.24) is 5.06 Å². The lowest BCUT2D eigenvalue weighted by Crippen LogP contribution is -2.60. The smallest absolute Gasteiger partial charge is 0.339 e. The maximum Gasteiger partial charge on any atom is 0.339 e. The van der Waals surface area contributed by atoms with Crippen molar-refractivity contribution in [3.63, 3.8) is 0 Å². The molecule has 1 fully saturated rings. The van der Waals surface area contributed by atoms with E-state index in [0.29, 0.717) is 12.8 Å². The normalized spacial score (nSPS) is 18.4. The molecule has 1 N–H and O–H groups in total. The van der Waals surface area contributed by atoms with E-state index < -0.39 is 23.0 Å². The number of piperidine rings is 1. The molecule has 1 aliphatic heterocycles. The van der Waals surface area contributed by atoms with Crippen molar-refractivity contribution in [2.45, 2.75) is 64.3 Å². The van der Waals surface area contributed by atoms with Crippen LogP contribution in [0.5, 0.6) is 0 Å². The number of benzene rings is 2. The summed E-state index contributed by atoms with van der Waals surface area (Å²) in [6.45, 7) is 7.75. The minimum absolute atomic E-state index is 0.122. The third kappa shape index (κ3) is 5.64. The molecule has 2 aromatic rings. The summed E-state index contributed by atoms with van der Waals surface area (Å²) in [5, 5.41) is 11.8. The Kier molecular flexibility index (Phi) is 7.08. The number of halogens is 1. The van der Waals surface area contributed by atoms with Gasteiger partial charge in [0.05, 0.1) is 11.1 Å². The van der Waals surface area contributed by atoms with Gasteiger partial charge in [-0.15, -0.1) is 0 Å². The number of carbonyl (C=O) groups excluding carboxylic acids is 2. The minimum Gasteiger partial charge on any atom is -0.459 e. The fourth-order valence-corrected chi connectivity index (χ4v) is 4.48. The summed E-state index contributed by atoms with van der Waals surface area (Å²) >= 11 is 2.21. The van der Waals surface area contributed by atoms with Crippen LogP contribution < -0.4 is 0 Å². The molecule has 7 heteroatoms. The van der Waals surface area contributed by atoms with E-state index >= 15 is 0 Å². The molecule has 1 saturated heterocycles. The van der Waals surface area contributed by atoms with Gasteiger partial charge in [0.25, 0.3) is 0 Å². The van der Waals surface area contributed by atoms with Crippen molar-refractivity contribution in [3.8, 4) is 0 Å². The van der Waals surface area contributed by atoms with Crippen molar-refractivity contribution in [2.24, 2.45) is 0 Å². The third-order valence-corrected chi connectivity index (χ3v) is 6.24. The molecule has 0 bridgehead atoms. The number of nitrogens with zero attached hydrogens (tertiary/aromatic N) is 1. The van der Waals surface area contributed by atoms with Crippen LogP contribution >= 0.6 is 22.6 Å². The Morgan fingerprint density at radius 1 is 0.968 bits per heavy atom. The van der Waals surface area contributed by atoms with Crippen LogP contribution in [0.15, 0.2) is 48.5 Å². The van der Waals surface area contributed by atoms with Gasteiger partial charge in [-0.25, -0.2) is 9.59 Å². The van der Waals surface area contributed by atoms with E-state index in [4.69, 9.17) is 9.47 Å². The highest BCUT2D eigenvalue weighted by Crippen LogP contribution is 2.38. The first kappa shape index (κ1) is 23.7. The van der Waals surface area contributed by atoms with Crippen molar-refractivity contribution < 1.29 is 24.3 Å². The zero-order chi connectivity index (χ0) is 22.8.